The molecule has 1 amide bonds. The van der Waals surface area contributed by atoms with Gasteiger partial charge in [0.15, 0.2) is 5.78 Å². The number of hydrogen-bond acceptors (Lipinski definition) is 3. The van der Waals surface area contributed by atoms with Crippen molar-refractivity contribution in [1.29, 1.82) is 0 Å². The summed E-state index contributed by atoms with van der Waals surface area (Å²) in [5, 5.41) is 0. The number of halogens is 1. The van der Waals surface area contributed by atoms with Gasteiger partial charge in [0, 0.05) is 20.1 Å². The van der Waals surface area contributed by atoms with Crippen molar-refractivity contribution in [1.82, 2.24) is 4.90 Å². The molecule has 2 rings (SSSR count). The molecular weight excluding hydrogens is 259 g/mol. The number of nitrogens with zero attached hydrogens (tertiary/aromatic N) is 2. The average molecular weight is 278 g/mol. The fourth-order valence-corrected chi connectivity index (χ4v) is 2.72. The first kappa shape index (κ1) is 14.5. The summed E-state index contributed by atoms with van der Waals surface area (Å²) in [7, 11) is 1.75. The molecule has 1 saturated heterocycles. The number of anilines is 1. The van der Waals surface area contributed by atoms with E-state index in [2.05, 4.69) is 0 Å². The van der Waals surface area contributed by atoms with Gasteiger partial charge < -0.3 is 9.80 Å². The lowest BCUT2D eigenvalue weighted by Crippen LogP contribution is -2.62. The molecule has 0 N–H and O–H groups in total. The van der Waals surface area contributed by atoms with Gasteiger partial charge in [0.2, 0.25) is 5.91 Å². The van der Waals surface area contributed by atoms with Crippen molar-refractivity contribution < 1.29 is 14.0 Å². The Balaban J connectivity index is 2.54. The van der Waals surface area contributed by atoms with E-state index >= 15 is 0 Å². The van der Waals surface area contributed by atoms with Gasteiger partial charge in [0.05, 0.1) is 11.3 Å². The number of piperazine rings is 1. The van der Waals surface area contributed by atoms with Gasteiger partial charge >= 0.3 is 0 Å². The minimum absolute atomic E-state index is 0.0393. The number of rotatable bonds is 2. The molecule has 0 bridgehead atoms. The Hall–Kier alpha value is -1.91. The molecule has 1 fully saturated rings. The minimum atomic E-state index is -0.801. The average Bonchev–Trinajstić information content (AvgIpc) is 2.35. The van der Waals surface area contributed by atoms with Crippen LogP contribution in [0.15, 0.2) is 18.2 Å². The Morgan fingerprint density at radius 2 is 1.95 bits per heavy atom. The van der Waals surface area contributed by atoms with Crippen LogP contribution in [0.5, 0.6) is 0 Å². The van der Waals surface area contributed by atoms with Crippen LogP contribution in [0.1, 0.15) is 31.1 Å². The number of ketones is 1. The zero-order valence-electron chi connectivity index (χ0n) is 12.2. The Kier molecular flexibility index (Phi) is 3.54. The highest BCUT2D eigenvalue weighted by Gasteiger charge is 2.41. The number of amides is 1. The van der Waals surface area contributed by atoms with Crippen molar-refractivity contribution in [3.8, 4) is 0 Å². The molecule has 0 unspecified atom stereocenters. The van der Waals surface area contributed by atoms with Crippen molar-refractivity contribution in [3.63, 3.8) is 0 Å². The molecule has 1 aliphatic heterocycles. The van der Waals surface area contributed by atoms with Crippen LogP contribution in [0.25, 0.3) is 0 Å². The highest BCUT2D eigenvalue weighted by atomic mass is 19.1. The third-order valence-corrected chi connectivity index (χ3v) is 3.84. The second-order valence-electron chi connectivity index (χ2n) is 5.63. The van der Waals surface area contributed by atoms with Gasteiger partial charge in [-0.2, -0.15) is 0 Å². The number of carbonyl (C=O) groups is 2. The smallest absolute Gasteiger partial charge is 0.247 e. The van der Waals surface area contributed by atoms with Gasteiger partial charge in [0.25, 0.3) is 0 Å². The highest BCUT2D eigenvalue weighted by molar-refractivity contribution is 6.01. The highest BCUT2D eigenvalue weighted by Crippen LogP contribution is 2.32. The zero-order valence-corrected chi connectivity index (χ0v) is 12.2. The second-order valence-corrected chi connectivity index (χ2v) is 5.63. The van der Waals surface area contributed by atoms with Crippen molar-refractivity contribution in [2.45, 2.75) is 26.3 Å². The summed E-state index contributed by atoms with van der Waals surface area (Å²) in [6.45, 7) is 6.04. The first-order chi connectivity index (χ1) is 9.26. The molecule has 0 spiro atoms. The van der Waals surface area contributed by atoms with E-state index < -0.39 is 11.4 Å². The van der Waals surface area contributed by atoms with Gasteiger partial charge in [-0.15, -0.1) is 0 Å². The number of benzene rings is 1. The van der Waals surface area contributed by atoms with Gasteiger partial charge in [-0.1, -0.05) is 6.07 Å². The molecule has 0 radical (unpaired) electrons. The lowest BCUT2D eigenvalue weighted by atomic mass is 9.95. The van der Waals surface area contributed by atoms with Crippen LogP contribution >= 0.6 is 0 Å². The summed E-state index contributed by atoms with van der Waals surface area (Å²) in [4.78, 5) is 27.5. The minimum Gasteiger partial charge on any atom is -0.355 e. The molecule has 4 nitrogen and oxygen atoms in total. The maximum atomic E-state index is 13.9. The number of likely N-dealkylation sites (N-methyl/N-ethyl adjacent to an activating group) is 1. The van der Waals surface area contributed by atoms with Crippen LogP contribution in [-0.4, -0.2) is 42.3 Å². The molecule has 20 heavy (non-hydrogen) atoms. The first-order valence-corrected chi connectivity index (χ1v) is 6.59. The van der Waals surface area contributed by atoms with Crippen LogP contribution in [0.2, 0.25) is 0 Å². The standard InChI is InChI=1S/C15H19FN2O2/c1-10(19)13-11(16)6-5-7-12(13)18-9-8-17(4)14(20)15(18,2)3/h5-7H,8-9H2,1-4H3. The fraction of sp³-hybridized carbons (Fsp3) is 0.467. The molecule has 1 aromatic rings. The summed E-state index contributed by atoms with van der Waals surface area (Å²) >= 11 is 0. The van der Waals surface area contributed by atoms with Crippen molar-refractivity contribution >= 4 is 17.4 Å². The van der Waals surface area contributed by atoms with E-state index in [9.17, 15) is 14.0 Å². The van der Waals surface area contributed by atoms with Gasteiger partial charge in [-0.3, -0.25) is 9.59 Å². The summed E-state index contributed by atoms with van der Waals surface area (Å²) in [5.74, 6) is -0.917. The summed E-state index contributed by atoms with van der Waals surface area (Å²) < 4.78 is 13.9. The predicted octanol–water partition coefficient (Wildman–Crippen LogP) is 2.09. The molecular formula is C15H19FN2O2. The monoisotopic (exact) mass is 278 g/mol. The maximum Gasteiger partial charge on any atom is 0.247 e. The molecule has 1 aliphatic rings. The van der Waals surface area contributed by atoms with Gasteiger partial charge in [-0.05, 0) is 32.9 Å². The first-order valence-electron chi connectivity index (χ1n) is 6.59. The molecule has 0 aliphatic carbocycles. The van der Waals surface area contributed by atoms with E-state index in [4.69, 9.17) is 0 Å². The molecule has 1 heterocycles. The van der Waals surface area contributed by atoms with Gasteiger partial charge in [-0.25, -0.2) is 4.39 Å². The van der Waals surface area contributed by atoms with E-state index in [-0.39, 0.29) is 17.3 Å². The van der Waals surface area contributed by atoms with Crippen LogP contribution in [0, 0.1) is 5.82 Å². The lowest BCUT2D eigenvalue weighted by molar-refractivity contribution is -0.136. The topological polar surface area (TPSA) is 40.6 Å². The largest absolute Gasteiger partial charge is 0.355 e. The maximum absolute atomic E-state index is 13.9. The number of hydrogen-bond donors (Lipinski definition) is 0. The van der Waals surface area contributed by atoms with Crippen LogP contribution in [0.4, 0.5) is 10.1 Å². The number of Topliss-reactive ketones (excluding diaryl/α,β-unsaturated/α-hetero) is 1. The third kappa shape index (κ3) is 2.17. The predicted molar refractivity (Wildman–Crippen MR) is 75.5 cm³/mol. The van der Waals surface area contributed by atoms with E-state index in [1.54, 1.807) is 37.9 Å². The van der Waals surface area contributed by atoms with Crippen molar-refractivity contribution in [3.05, 3.63) is 29.6 Å². The summed E-state index contributed by atoms with van der Waals surface area (Å²) in [6, 6.07) is 4.53. The Labute approximate surface area is 118 Å². The number of carbonyl (C=O) groups excluding carboxylic acids is 2. The van der Waals surface area contributed by atoms with E-state index in [1.807, 2.05) is 4.90 Å². The van der Waals surface area contributed by atoms with Crippen molar-refractivity contribution in [2.24, 2.45) is 0 Å². The van der Waals surface area contributed by atoms with E-state index in [0.29, 0.717) is 18.8 Å². The van der Waals surface area contributed by atoms with Crippen LogP contribution in [0.3, 0.4) is 0 Å². The zero-order chi connectivity index (χ0) is 15.1. The second kappa shape index (κ2) is 4.89. The van der Waals surface area contributed by atoms with Crippen LogP contribution < -0.4 is 4.90 Å². The van der Waals surface area contributed by atoms with Crippen LogP contribution in [-0.2, 0) is 4.79 Å². The fourth-order valence-electron chi connectivity index (χ4n) is 2.72. The summed E-state index contributed by atoms with van der Waals surface area (Å²) in [5.41, 5.74) is -0.257. The molecule has 108 valence electrons. The summed E-state index contributed by atoms with van der Waals surface area (Å²) in [6.07, 6.45) is 0. The van der Waals surface area contributed by atoms with E-state index in [0.717, 1.165) is 0 Å². The van der Waals surface area contributed by atoms with E-state index in [1.165, 1.54) is 13.0 Å². The molecule has 0 aromatic heterocycles. The third-order valence-electron chi connectivity index (χ3n) is 3.84. The Bertz CT molecular complexity index is 569. The molecule has 1 aromatic carbocycles. The molecule has 5 heteroatoms. The Morgan fingerprint density at radius 3 is 2.55 bits per heavy atom. The Morgan fingerprint density at radius 1 is 1.30 bits per heavy atom. The quantitative estimate of drug-likeness (QED) is 0.778. The molecule has 0 atom stereocenters. The SMILES string of the molecule is CC(=O)c1c(F)cccc1N1CCN(C)C(=O)C1(C)C. The van der Waals surface area contributed by atoms with Crippen molar-refractivity contribution in [2.75, 3.05) is 25.0 Å². The van der Waals surface area contributed by atoms with Gasteiger partial charge in [0.1, 0.15) is 11.4 Å². The lowest BCUT2D eigenvalue weighted by Gasteiger charge is -2.46. The normalized spacial score (nSPS) is 18.4. The molecule has 0 saturated carbocycles.